The number of nitrogens with two attached hydrogens (primary N) is 1. The summed E-state index contributed by atoms with van der Waals surface area (Å²) in [5.41, 5.74) is 2.84. The van der Waals surface area contributed by atoms with E-state index in [-0.39, 0.29) is 14.6 Å². The normalized spacial score (nSPS) is 25.7. The lowest BCUT2D eigenvalue weighted by atomic mass is 10.00. The number of hydrogen-bond acceptors (Lipinski definition) is 6. The highest BCUT2D eigenvalue weighted by molar-refractivity contribution is 9.10. The van der Waals surface area contributed by atoms with E-state index in [4.69, 9.17) is 5.73 Å². The summed E-state index contributed by atoms with van der Waals surface area (Å²) in [5, 5.41) is 0. The molecule has 150 valence electrons. The fourth-order valence-corrected chi connectivity index (χ4v) is 4.84. The van der Waals surface area contributed by atoms with Gasteiger partial charge in [-0.15, -0.1) is 0 Å². The zero-order chi connectivity index (χ0) is 20.6. The van der Waals surface area contributed by atoms with Crippen LogP contribution in [0.4, 0.5) is 22.4 Å². The zero-order valence-electron chi connectivity index (χ0n) is 14.0. The predicted molar refractivity (Wildman–Crippen MR) is 91.5 cm³/mol. The highest BCUT2D eigenvalue weighted by Gasteiger charge is 2.48. The maximum absolute atomic E-state index is 14.3. The topological polar surface area (TPSA) is 110 Å². The van der Waals surface area contributed by atoms with Gasteiger partial charge in [0, 0.05) is 7.05 Å². The van der Waals surface area contributed by atoms with Gasteiger partial charge in [-0.3, -0.25) is 0 Å². The molecule has 1 aliphatic rings. The molecule has 0 saturated heterocycles. The number of hydrogen-bond donors (Lipinski definition) is 1. The Morgan fingerprint density at radius 2 is 2.15 bits per heavy atom. The summed E-state index contributed by atoms with van der Waals surface area (Å²) in [7, 11) is -2.80. The van der Waals surface area contributed by atoms with E-state index in [0.29, 0.717) is 0 Å². The van der Waals surface area contributed by atoms with Gasteiger partial charge in [-0.25, -0.2) is 32.0 Å². The maximum Gasteiger partial charge on any atom is 0.412 e. The van der Waals surface area contributed by atoms with Crippen LogP contribution in [0.15, 0.2) is 26.1 Å². The summed E-state index contributed by atoms with van der Waals surface area (Å²) in [6, 6.07) is 1.37. The second-order valence-corrected chi connectivity index (χ2v) is 8.76. The van der Waals surface area contributed by atoms with Gasteiger partial charge in [0.25, 0.3) is 0 Å². The van der Waals surface area contributed by atoms with Gasteiger partial charge in [0.2, 0.25) is 0 Å². The average Bonchev–Trinajstić information content (AvgIpc) is 2.52. The number of carbonyl (C=O) groups is 1. The molecule has 0 bridgehead atoms. The molecule has 8 nitrogen and oxygen atoms in total. The Hall–Kier alpha value is -1.96. The van der Waals surface area contributed by atoms with Crippen LogP contribution in [0.25, 0.3) is 0 Å². The molecule has 2 atom stereocenters. The lowest BCUT2D eigenvalue weighted by Gasteiger charge is -2.38. The summed E-state index contributed by atoms with van der Waals surface area (Å²) in [6.07, 6.45) is -6.30. The number of rotatable bonds is 2. The molecule has 1 aliphatic heterocycles. The molecule has 2 rings (SSSR count). The number of pyridine rings is 1. The smallest absolute Gasteiger partial charge is 0.375 e. The minimum Gasteiger partial charge on any atom is -0.375 e. The molecule has 2 unspecified atom stereocenters. The first-order valence-electron chi connectivity index (χ1n) is 7.17. The minimum absolute atomic E-state index is 0.204. The number of carbonyl (C=O) groups excluding carboxylic acids is 1. The van der Waals surface area contributed by atoms with Gasteiger partial charge in [-0.05, 0) is 35.0 Å². The largest absolute Gasteiger partial charge is 0.412 e. The standard InChI is InChI=1S/C13H14BrF4N5O3S/c1-12(9-7(15)3-4-8(14)21-9)6-27(25,20-2)23(5-13(16,17)18)11(22-12)26-10(19)24/h3-4H,5-6H2,1-2H3,(H2,19,24). The van der Waals surface area contributed by atoms with Crippen LogP contribution in [-0.2, 0) is 20.2 Å². The number of ether oxygens (including phenoxy) is 1. The van der Waals surface area contributed by atoms with Gasteiger partial charge in [0.15, 0.2) is 0 Å². The van der Waals surface area contributed by atoms with Crippen molar-refractivity contribution in [3.63, 3.8) is 0 Å². The van der Waals surface area contributed by atoms with Gasteiger partial charge >= 0.3 is 18.3 Å². The second kappa shape index (κ2) is 7.22. The highest BCUT2D eigenvalue weighted by Crippen LogP contribution is 2.36. The van der Waals surface area contributed by atoms with Crippen LogP contribution in [0.1, 0.15) is 12.6 Å². The molecule has 1 amide bonds. The molecular formula is C13H14BrF4N5O3S. The van der Waals surface area contributed by atoms with E-state index in [2.05, 4.69) is 35.0 Å². The van der Waals surface area contributed by atoms with Gasteiger partial charge < -0.3 is 10.5 Å². The molecule has 0 saturated carbocycles. The fraction of sp³-hybridized carbons (Fsp3) is 0.462. The van der Waals surface area contributed by atoms with Gasteiger partial charge in [0.05, 0.1) is 5.75 Å². The number of amides is 1. The van der Waals surface area contributed by atoms with E-state index in [1.165, 1.54) is 13.0 Å². The van der Waals surface area contributed by atoms with Crippen molar-refractivity contribution in [3.05, 3.63) is 28.2 Å². The molecule has 2 N–H and O–H groups in total. The molecule has 2 heterocycles. The van der Waals surface area contributed by atoms with Crippen LogP contribution in [0.2, 0.25) is 0 Å². The number of aromatic nitrogens is 1. The lowest BCUT2D eigenvalue weighted by molar-refractivity contribution is -0.131. The molecule has 0 fully saturated rings. The maximum atomic E-state index is 14.3. The van der Waals surface area contributed by atoms with E-state index in [9.17, 15) is 26.6 Å². The van der Waals surface area contributed by atoms with Crippen LogP contribution in [0.3, 0.4) is 0 Å². The Labute approximate surface area is 160 Å². The molecular weight excluding hydrogens is 462 g/mol. The quantitative estimate of drug-likeness (QED) is 0.523. The third-order valence-corrected chi connectivity index (χ3v) is 6.42. The van der Waals surface area contributed by atoms with Crippen molar-refractivity contribution in [1.29, 1.82) is 0 Å². The van der Waals surface area contributed by atoms with E-state index in [0.717, 1.165) is 13.1 Å². The van der Waals surface area contributed by atoms with Crippen LogP contribution >= 0.6 is 15.9 Å². The van der Waals surface area contributed by atoms with Crippen LogP contribution in [0.5, 0.6) is 0 Å². The SMILES string of the molecule is CN=S1(=O)CC(C)(c2nc(Br)ccc2F)N=C(OC(N)=O)N1CC(F)(F)F. The minimum atomic E-state index is -4.82. The lowest BCUT2D eigenvalue weighted by Crippen LogP contribution is -2.53. The number of halogens is 5. The average molecular weight is 476 g/mol. The van der Waals surface area contributed by atoms with E-state index < -0.39 is 51.9 Å². The van der Waals surface area contributed by atoms with Crippen molar-refractivity contribution < 1.29 is 31.3 Å². The Bertz CT molecular complexity index is 916. The number of aliphatic imine (C=N–C) groups is 1. The van der Waals surface area contributed by atoms with Gasteiger partial charge in [-0.1, -0.05) is 0 Å². The first-order valence-corrected chi connectivity index (χ1v) is 9.60. The Morgan fingerprint density at radius 3 is 2.67 bits per heavy atom. The van der Waals surface area contributed by atoms with E-state index in [1.807, 2.05) is 0 Å². The third kappa shape index (κ3) is 4.66. The van der Waals surface area contributed by atoms with Crippen molar-refractivity contribution in [1.82, 2.24) is 9.29 Å². The van der Waals surface area contributed by atoms with E-state index >= 15 is 0 Å². The summed E-state index contributed by atoms with van der Waals surface area (Å²) in [6.45, 7) is -0.481. The summed E-state index contributed by atoms with van der Waals surface area (Å²) >= 11 is 3.05. The molecule has 1 aromatic rings. The van der Waals surface area contributed by atoms with Crippen LogP contribution < -0.4 is 5.73 Å². The predicted octanol–water partition coefficient (Wildman–Crippen LogP) is 2.54. The van der Waals surface area contributed by atoms with Gasteiger partial charge in [0.1, 0.15) is 38.1 Å². The van der Waals surface area contributed by atoms with Crippen LogP contribution in [-0.4, -0.2) is 51.1 Å². The summed E-state index contributed by atoms with van der Waals surface area (Å²) < 4.78 is 74.8. The molecule has 0 radical (unpaired) electrons. The number of primary amides is 1. The molecule has 0 aliphatic carbocycles. The molecule has 0 spiro atoms. The molecule has 1 aromatic heterocycles. The van der Waals surface area contributed by atoms with Crippen molar-refractivity contribution in [2.24, 2.45) is 15.1 Å². The first-order chi connectivity index (χ1) is 12.3. The van der Waals surface area contributed by atoms with Crippen molar-refractivity contribution in [2.75, 3.05) is 19.3 Å². The summed E-state index contributed by atoms with van der Waals surface area (Å²) in [5.74, 6) is -1.47. The van der Waals surface area contributed by atoms with Crippen molar-refractivity contribution in [3.8, 4) is 0 Å². The molecule has 27 heavy (non-hydrogen) atoms. The number of alkyl halides is 3. The Balaban J connectivity index is 2.72. The molecule has 0 aromatic carbocycles. The number of nitrogens with zero attached hydrogens (tertiary/aromatic N) is 4. The summed E-state index contributed by atoms with van der Waals surface area (Å²) in [4.78, 5) is 19.0. The van der Waals surface area contributed by atoms with Crippen LogP contribution in [0, 0.1) is 5.82 Å². The fourth-order valence-electron chi connectivity index (χ4n) is 2.44. The second-order valence-electron chi connectivity index (χ2n) is 5.64. The third-order valence-electron chi connectivity index (χ3n) is 3.49. The monoisotopic (exact) mass is 475 g/mol. The van der Waals surface area contributed by atoms with Crippen molar-refractivity contribution in [2.45, 2.75) is 18.6 Å². The van der Waals surface area contributed by atoms with E-state index in [1.54, 1.807) is 0 Å². The zero-order valence-corrected chi connectivity index (χ0v) is 16.4. The Morgan fingerprint density at radius 1 is 1.52 bits per heavy atom. The van der Waals surface area contributed by atoms with Crippen molar-refractivity contribution >= 4 is 38.0 Å². The highest BCUT2D eigenvalue weighted by atomic mass is 79.9. The first kappa shape index (κ1) is 21.3. The van der Waals surface area contributed by atoms with Gasteiger partial charge in [-0.2, -0.15) is 13.2 Å². The molecule has 14 heteroatoms. The number of amidine groups is 1. The Kier molecular flexibility index (Phi) is 5.71.